The van der Waals surface area contributed by atoms with E-state index in [-0.39, 0.29) is 25.2 Å². The molecule has 0 fully saturated rings. The van der Waals surface area contributed by atoms with Gasteiger partial charge in [0.2, 0.25) is 0 Å². The molecular weight excluding hydrogens is 248 g/mol. The lowest BCUT2D eigenvalue weighted by molar-refractivity contribution is -0.152. The van der Waals surface area contributed by atoms with Crippen LogP contribution in [0.1, 0.15) is 25.7 Å². The Bertz CT molecular complexity index is 187. The van der Waals surface area contributed by atoms with Crippen molar-refractivity contribution in [3.8, 4) is 0 Å². The van der Waals surface area contributed by atoms with Gasteiger partial charge in [0.05, 0.1) is 0 Å². The zero-order valence-corrected chi connectivity index (χ0v) is 11.0. The Balaban J connectivity index is 3.31. The van der Waals surface area contributed by atoms with E-state index in [9.17, 15) is 9.59 Å². The van der Waals surface area contributed by atoms with Crippen LogP contribution >= 0.6 is 25.3 Å². The highest BCUT2D eigenvalue weighted by molar-refractivity contribution is 7.80. The van der Waals surface area contributed by atoms with Crippen LogP contribution in [0.4, 0.5) is 0 Å². The largest absolute Gasteiger partial charge is 0.462 e. The molecule has 0 aliphatic rings. The summed E-state index contributed by atoms with van der Waals surface area (Å²) in [5, 5.41) is 0. The van der Waals surface area contributed by atoms with Crippen LogP contribution in [0.25, 0.3) is 0 Å². The second kappa shape index (κ2) is 11.1. The molecule has 0 aromatic carbocycles. The molecule has 0 aromatic heterocycles. The van der Waals surface area contributed by atoms with Gasteiger partial charge in [-0.2, -0.15) is 25.3 Å². The molecule has 0 aliphatic heterocycles. The van der Waals surface area contributed by atoms with Gasteiger partial charge in [0.1, 0.15) is 13.2 Å². The minimum Gasteiger partial charge on any atom is -0.462 e. The van der Waals surface area contributed by atoms with Gasteiger partial charge in [-0.3, -0.25) is 9.59 Å². The quantitative estimate of drug-likeness (QED) is 0.377. The molecule has 0 unspecified atom stereocenters. The monoisotopic (exact) mass is 266 g/mol. The molecule has 0 saturated heterocycles. The second-order valence-corrected chi connectivity index (χ2v) is 3.99. The highest BCUT2D eigenvalue weighted by atomic mass is 32.1. The fourth-order valence-corrected chi connectivity index (χ4v) is 1.22. The predicted octanol–water partition coefficient (Wildman–Crippen LogP) is 1.49. The molecule has 0 atom stereocenters. The van der Waals surface area contributed by atoms with Crippen molar-refractivity contribution in [3.05, 3.63) is 0 Å². The van der Waals surface area contributed by atoms with E-state index >= 15 is 0 Å². The molecule has 16 heavy (non-hydrogen) atoms. The molecule has 0 heterocycles. The van der Waals surface area contributed by atoms with Crippen LogP contribution in [0.2, 0.25) is 0 Å². The van der Waals surface area contributed by atoms with Crippen LogP contribution < -0.4 is 0 Å². The molecule has 6 heteroatoms. The zero-order chi connectivity index (χ0) is 12.2. The van der Waals surface area contributed by atoms with Gasteiger partial charge in [-0.1, -0.05) is 0 Å². The van der Waals surface area contributed by atoms with Gasteiger partial charge in [-0.15, -0.1) is 0 Å². The summed E-state index contributed by atoms with van der Waals surface area (Å²) in [7, 11) is 0. The molecule has 4 nitrogen and oxygen atoms in total. The SMILES string of the molecule is O=C(CCCS)OCCOC(=O)CCCS. The van der Waals surface area contributed by atoms with Crippen LogP contribution in [-0.2, 0) is 19.1 Å². The molecule has 0 radical (unpaired) electrons. The van der Waals surface area contributed by atoms with Crippen molar-refractivity contribution >= 4 is 37.2 Å². The van der Waals surface area contributed by atoms with Gasteiger partial charge < -0.3 is 9.47 Å². The van der Waals surface area contributed by atoms with E-state index in [1.54, 1.807) is 0 Å². The molecule has 0 bridgehead atoms. The van der Waals surface area contributed by atoms with Gasteiger partial charge in [-0.05, 0) is 24.3 Å². The summed E-state index contributed by atoms with van der Waals surface area (Å²) in [4.78, 5) is 22.0. The summed E-state index contributed by atoms with van der Waals surface area (Å²) >= 11 is 7.96. The average Bonchev–Trinajstić information content (AvgIpc) is 2.29. The van der Waals surface area contributed by atoms with Crippen LogP contribution in [0.5, 0.6) is 0 Å². The first kappa shape index (κ1) is 15.6. The lowest BCUT2D eigenvalue weighted by Crippen LogP contribution is -2.13. The van der Waals surface area contributed by atoms with E-state index in [1.165, 1.54) is 0 Å². The van der Waals surface area contributed by atoms with Gasteiger partial charge in [-0.25, -0.2) is 0 Å². The number of ether oxygens (including phenoxy) is 2. The van der Waals surface area contributed by atoms with Crippen molar-refractivity contribution < 1.29 is 19.1 Å². The van der Waals surface area contributed by atoms with Crippen LogP contribution in [-0.4, -0.2) is 36.7 Å². The van der Waals surface area contributed by atoms with Gasteiger partial charge in [0.15, 0.2) is 0 Å². The first-order valence-corrected chi connectivity index (χ1v) is 6.50. The summed E-state index contributed by atoms with van der Waals surface area (Å²) in [6.45, 7) is 0.246. The van der Waals surface area contributed by atoms with Gasteiger partial charge in [0, 0.05) is 12.8 Å². The molecule has 94 valence electrons. The summed E-state index contributed by atoms with van der Waals surface area (Å²) in [6.07, 6.45) is 2.11. The molecule has 0 rings (SSSR count). The van der Waals surface area contributed by atoms with Gasteiger partial charge >= 0.3 is 11.9 Å². The molecule has 0 N–H and O–H groups in total. The molecular formula is C10H18O4S2. The Morgan fingerprint density at radius 2 is 1.19 bits per heavy atom. The number of carbonyl (C=O) groups is 2. The van der Waals surface area contributed by atoms with Crippen molar-refractivity contribution in [2.24, 2.45) is 0 Å². The van der Waals surface area contributed by atoms with Crippen molar-refractivity contribution in [2.45, 2.75) is 25.7 Å². The third-order valence-corrected chi connectivity index (χ3v) is 2.32. The molecule has 0 aromatic rings. The second-order valence-electron chi connectivity index (χ2n) is 3.10. The number of thiol groups is 2. The summed E-state index contributed by atoms with van der Waals surface area (Å²) < 4.78 is 9.67. The van der Waals surface area contributed by atoms with Gasteiger partial charge in [0.25, 0.3) is 0 Å². The highest BCUT2D eigenvalue weighted by Gasteiger charge is 2.04. The average molecular weight is 266 g/mol. The highest BCUT2D eigenvalue weighted by Crippen LogP contribution is 1.96. The Kier molecular flexibility index (Phi) is 10.9. The first-order chi connectivity index (χ1) is 7.70. The number of carbonyl (C=O) groups excluding carboxylic acids is 2. The number of rotatable bonds is 9. The topological polar surface area (TPSA) is 52.6 Å². The Labute approximate surface area is 107 Å². The zero-order valence-electron chi connectivity index (χ0n) is 9.18. The predicted molar refractivity (Wildman–Crippen MR) is 68.1 cm³/mol. The van der Waals surface area contributed by atoms with Crippen LogP contribution in [0, 0.1) is 0 Å². The molecule has 0 amide bonds. The third-order valence-electron chi connectivity index (χ3n) is 1.69. The van der Waals surface area contributed by atoms with E-state index in [0.717, 1.165) is 0 Å². The summed E-state index contributed by atoms with van der Waals surface area (Å²) in [6, 6.07) is 0. The molecule has 0 aliphatic carbocycles. The third kappa shape index (κ3) is 10.2. The number of hydrogen-bond acceptors (Lipinski definition) is 6. The van der Waals surface area contributed by atoms with Crippen molar-refractivity contribution in [1.29, 1.82) is 0 Å². The van der Waals surface area contributed by atoms with Crippen LogP contribution in [0.15, 0.2) is 0 Å². The summed E-state index contributed by atoms with van der Waals surface area (Å²) in [5.74, 6) is 0.766. The Morgan fingerprint density at radius 3 is 1.50 bits per heavy atom. The van der Waals surface area contributed by atoms with Crippen LogP contribution in [0.3, 0.4) is 0 Å². The number of hydrogen-bond donors (Lipinski definition) is 2. The smallest absolute Gasteiger partial charge is 0.305 e. The minimum absolute atomic E-state index is 0.123. The maximum absolute atomic E-state index is 11.0. The summed E-state index contributed by atoms with van der Waals surface area (Å²) in [5.41, 5.74) is 0. The van der Waals surface area contributed by atoms with E-state index in [0.29, 0.717) is 37.2 Å². The standard InChI is InChI=1S/C10H18O4S2/c11-9(3-1-7-15)13-5-6-14-10(12)4-2-8-16/h15-16H,1-8H2. The normalized spacial score (nSPS) is 9.88. The fraction of sp³-hybridized carbons (Fsp3) is 0.800. The lowest BCUT2D eigenvalue weighted by atomic mass is 10.3. The Hall–Kier alpha value is -0.360. The maximum atomic E-state index is 11.0. The minimum atomic E-state index is -0.277. The Morgan fingerprint density at radius 1 is 0.812 bits per heavy atom. The first-order valence-electron chi connectivity index (χ1n) is 5.23. The van der Waals surface area contributed by atoms with E-state index in [1.807, 2.05) is 0 Å². The van der Waals surface area contributed by atoms with E-state index in [4.69, 9.17) is 9.47 Å². The van der Waals surface area contributed by atoms with Crippen molar-refractivity contribution in [3.63, 3.8) is 0 Å². The molecule has 0 spiro atoms. The van der Waals surface area contributed by atoms with Crippen molar-refractivity contribution in [1.82, 2.24) is 0 Å². The lowest BCUT2D eigenvalue weighted by Gasteiger charge is -2.05. The van der Waals surface area contributed by atoms with Crippen molar-refractivity contribution in [2.75, 3.05) is 24.7 Å². The van der Waals surface area contributed by atoms with E-state index < -0.39 is 0 Å². The van der Waals surface area contributed by atoms with E-state index in [2.05, 4.69) is 25.3 Å². The fourth-order valence-electron chi connectivity index (χ4n) is 0.902. The number of esters is 2. The maximum Gasteiger partial charge on any atom is 0.305 e. The molecule has 0 saturated carbocycles.